The minimum Gasteiger partial charge on any atom is -0.274 e. The van der Waals surface area contributed by atoms with Crippen LogP contribution in [0, 0.1) is 23.7 Å². The first-order valence-electron chi connectivity index (χ1n) is 5.15. The van der Waals surface area contributed by atoms with Crippen LogP contribution in [0.4, 0.5) is 0 Å². The van der Waals surface area contributed by atoms with E-state index in [1.54, 1.807) is 6.92 Å². The average Bonchev–Trinajstić information content (AvgIpc) is 2.51. The van der Waals surface area contributed by atoms with E-state index in [4.69, 9.17) is 0 Å². The highest BCUT2D eigenvalue weighted by Crippen LogP contribution is 2.34. The second-order valence-corrected chi connectivity index (χ2v) is 3.85. The Morgan fingerprint density at radius 2 is 1.80 bits per heavy atom. The highest BCUT2D eigenvalue weighted by molar-refractivity contribution is 6.05. The summed E-state index contributed by atoms with van der Waals surface area (Å²) in [5, 5.41) is 0. The lowest BCUT2D eigenvalue weighted by atomic mass is 9.85. The van der Waals surface area contributed by atoms with E-state index in [0.29, 0.717) is 12.8 Å². The summed E-state index contributed by atoms with van der Waals surface area (Å²) in [5.74, 6) is 5.14. The number of amides is 2. The van der Waals surface area contributed by atoms with Crippen molar-refractivity contribution >= 4 is 11.8 Å². The zero-order valence-electron chi connectivity index (χ0n) is 8.69. The Balaban J connectivity index is 2.19. The Morgan fingerprint density at radius 1 is 1.27 bits per heavy atom. The van der Waals surface area contributed by atoms with Gasteiger partial charge in [-0.2, -0.15) is 0 Å². The standard InChI is InChI=1S/C12H13NO2/c1-2-3-8-13-11(14)9-6-4-5-7-10(9)12(13)15/h4-5,9-10H,6-8H2,1H3/t9-,10+. The molecule has 0 radical (unpaired) electrons. The maximum Gasteiger partial charge on any atom is 0.234 e. The summed E-state index contributed by atoms with van der Waals surface area (Å²) in [4.78, 5) is 25.0. The van der Waals surface area contributed by atoms with Crippen molar-refractivity contribution in [2.45, 2.75) is 19.8 Å². The Bertz CT molecular complexity index is 360. The maximum atomic E-state index is 11.9. The van der Waals surface area contributed by atoms with E-state index in [1.807, 2.05) is 12.2 Å². The van der Waals surface area contributed by atoms with Gasteiger partial charge in [0.15, 0.2) is 0 Å². The molecule has 15 heavy (non-hydrogen) atoms. The SMILES string of the molecule is CC#CCN1C(=O)[C@H]2CC=CC[C@H]2C1=O. The van der Waals surface area contributed by atoms with Crippen molar-refractivity contribution < 1.29 is 9.59 Å². The highest BCUT2D eigenvalue weighted by atomic mass is 16.2. The van der Waals surface area contributed by atoms with Crippen LogP contribution in [0.25, 0.3) is 0 Å². The van der Waals surface area contributed by atoms with E-state index in [9.17, 15) is 9.59 Å². The van der Waals surface area contributed by atoms with Crippen LogP contribution in [0.5, 0.6) is 0 Å². The van der Waals surface area contributed by atoms with Crippen molar-refractivity contribution in [3.63, 3.8) is 0 Å². The van der Waals surface area contributed by atoms with Gasteiger partial charge in [0.1, 0.15) is 0 Å². The quantitative estimate of drug-likeness (QED) is 0.361. The third-order valence-corrected chi connectivity index (χ3v) is 3.01. The van der Waals surface area contributed by atoms with Gasteiger partial charge in [0.25, 0.3) is 0 Å². The summed E-state index contributed by atoms with van der Waals surface area (Å²) >= 11 is 0. The summed E-state index contributed by atoms with van der Waals surface area (Å²) in [5.41, 5.74) is 0. The van der Waals surface area contributed by atoms with Gasteiger partial charge in [-0.25, -0.2) is 0 Å². The molecule has 0 aromatic carbocycles. The first kappa shape index (κ1) is 9.97. The van der Waals surface area contributed by atoms with Crippen LogP contribution < -0.4 is 0 Å². The summed E-state index contributed by atoms with van der Waals surface area (Å²) in [6.07, 6.45) is 5.37. The fraction of sp³-hybridized carbons (Fsp3) is 0.500. The largest absolute Gasteiger partial charge is 0.274 e. The molecule has 0 aromatic rings. The number of nitrogens with zero attached hydrogens (tertiary/aromatic N) is 1. The Hall–Kier alpha value is -1.56. The fourth-order valence-electron chi connectivity index (χ4n) is 2.18. The summed E-state index contributed by atoms with van der Waals surface area (Å²) in [7, 11) is 0. The average molecular weight is 203 g/mol. The predicted octanol–water partition coefficient (Wildman–Crippen LogP) is 0.961. The van der Waals surface area contributed by atoms with Crippen molar-refractivity contribution in [2.24, 2.45) is 11.8 Å². The molecule has 0 unspecified atom stereocenters. The van der Waals surface area contributed by atoms with Gasteiger partial charge in [-0.3, -0.25) is 14.5 Å². The summed E-state index contributed by atoms with van der Waals surface area (Å²) < 4.78 is 0. The molecule has 2 aliphatic rings. The van der Waals surface area contributed by atoms with E-state index in [2.05, 4.69) is 11.8 Å². The number of carbonyl (C=O) groups excluding carboxylic acids is 2. The maximum absolute atomic E-state index is 11.9. The molecule has 0 N–H and O–H groups in total. The molecule has 2 atom stereocenters. The first-order chi connectivity index (χ1) is 7.25. The number of fused-ring (bicyclic) bond motifs is 1. The molecule has 3 nitrogen and oxygen atoms in total. The Labute approximate surface area is 89.1 Å². The molecule has 0 aromatic heterocycles. The summed E-state index contributed by atoms with van der Waals surface area (Å²) in [6, 6.07) is 0. The van der Waals surface area contributed by atoms with Crippen LogP contribution in [0.15, 0.2) is 12.2 Å². The monoisotopic (exact) mass is 203 g/mol. The molecule has 1 aliphatic heterocycles. The molecular weight excluding hydrogens is 190 g/mol. The van der Waals surface area contributed by atoms with E-state index in [0.717, 1.165) is 0 Å². The molecule has 1 heterocycles. The van der Waals surface area contributed by atoms with Crippen molar-refractivity contribution in [3.8, 4) is 11.8 Å². The number of hydrogen-bond donors (Lipinski definition) is 0. The number of imide groups is 1. The van der Waals surface area contributed by atoms with Crippen molar-refractivity contribution in [2.75, 3.05) is 6.54 Å². The van der Waals surface area contributed by atoms with Gasteiger partial charge in [0.2, 0.25) is 11.8 Å². The molecule has 2 amide bonds. The van der Waals surface area contributed by atoms with Crippen molar-refractivity contribution in [3.05, 3.63) is 12.2 Å². The zero-order valence-corrected chi connectivity index (χ0v) is 8.69. The second kappa shape index (κ2) is 3.90. The molecule has 2 rings (SSSR count). The van der Waals surface area contributed by atoms with E-state index in [1.165, 1.54) is 4.90 Å². The third-order valence-electron chi connectivity index (χ3n) is 3.01. The normalized spacial score (nSPS) is 28.7. The van der Waals surface area contributed by atoms with Crippen LogP contribution in [0.1, 0.15) is 19.8 Å². The third kappa shape index (κ3) is 1.56. The Morgan fingerprint density at radius 3 is 2.27 bits per heavy atom. The molecule has 0 saturated carbocycles. The van der Waals surface area contributed by atoms with Gasteiger partial charge in [-0.05, 0) is 19.8 Å². The first-order valence-corrected chi connectivity index (χ1v) is 5.15. The Kier molecular flexibility index (Phi) is 2.59. The summed E-state index contributed by atoms with van der Waals surface area (Å²) in [6.45, 7) is 1.96. The fourth-order valence-corrected chi connectivity index (χ4v) is 2.18. The lowest BCUT2D eigenvalue weighted by Gasteiger charge is -2.14. The highest BCUT2D eigenvalue weighted by Gasteiger charge is 2.46. The minimum absolute atomic E-state index is 0.0444. The van der Waals surface area contributed by atoms with Gasteiger partial charge in [0, 0.05) is 0 Å². The molecule has 0 bridgehead atoms. The number of allylic oxidation sites excluding steroid dienone is 2. The van der Waals surface area contributed by atoms with Crippen LogP contribution in [-0.2, 0) is 9.59 Å². The number of likely N-dealkylation sites (tertiary alicyclic amines) is 1. The topological polar surface area (TPSA) is 37.4 Å². The number of carbonyl (C=O) groups is 2. The molecule has 78 valence electrons. The molecular formula is C12H13NO2. The van der Waals surface area contributed by atoms with E-state index in [-0.39, 0.29) is 30.2 Å². The van der Waals surface area contributed by atoms with Gasteiger partial charge in [-0.1, -0.05) is 18.1 Å². The van der Waals surface area contributed by atoms with E-state index >= 15 is 0 Å². The molecule has 1 aliphatic carbocycles. The predicted molar refractivity (Wildman–Crippen MR) is 55.5 cm³/mol. The van der Waals surface area contributed by atoms with Crippen molar-refractivity contribution in [1.29, 1.82) is 0 Å². The smallest absolute Gasteiger partial charge is 0.234 e. The number of rotatable bonds is 1. The minimum atomic E-state index is -0.124. The molecule has 1 saturated heterocycles. The van der Waals surface area contributed by atoms with Gasteiger partial charge in [-0.15, -0.1) is 5.92 Å². The van der Waals surface area contributed by atoms with Crippen molar-refractivity contribution in [1.82, 2.24) is 4.90 Å². The van der Waals surface area contributed by atoms with Gasteiger partial charge in [0.05, 0.1) is 18.4 Å². The second-order valence-electron chi connectivity index (χ2n) is 3.85. The van der Waals surface area contributed by atoms with Crippen LogP contribution in [0.3, 0.4) is 0 Å². The molecule has 0 spiro atoms. The molecule has 1 fully saturated rings. The van der Waals surface area contributed by atoms with E-state index < -0.39 is 0 Å². The lowest BCUT2D eigenvalue weighted by Crippen LogP contribution is -2.31. The molecule has 3 heteroatoms. The van der Waals surface area contributed by atoms with Crippen LogP contribution in [-0.4, -0.2) is 23.3 Å². The number of hydrogen-bond acceptors (Lipinski definition) is 2. The van der Waals surface area contributed by atoms with Gasteiger partial charge >= 0.3 is 0 Å². The van der Waals surface area contributed by atoms with Crippen LogP contribution >= 0.6 is 0 Å². The lowest BCUT2D eigenvalue weighted by molar-refractivity contribution is -0.139. The van der Waals surface area contributed by atoms with Gasteiger partial charge < -0.3 is 0 Å². The van der Waals surface area contributed by atoms with Crippen LogP contribution in [0.2, 0.25) is 0 Å². The zero-order chi connectivity index (χ0) is 10.8.